The van der Waals surface area contributed by atoms with Crippen molar-refractivity contribution in [2.75, 3.05) is 7.11 Å². The second-order valence-electron chi connectivity index (χ2n) is 4.61. The molecule has 3 aromatic rings. The summed E-state index contributed by atoms with van der Waals surface area (Å²) in [4.78, 5) is 12.6. The molecule has 1 aromatic heterocycles. The average molecular weight is 282 g/mol. The number of hydrogen-bond donors (Lipinski definition) is 0. The second kappa shape index (κ2) is 5.47. The van der Waals surface area contributed by atoms with E-state index in [1.807, 2.05) is 17.5 Å². The third kappa shape index (κ3) is 2.45. The van der Waals surface area contributed by atoms with Crippen LogP contribution in [0.3, 0.4) is 0 Å². The molecule has 0 amide bonds. The molecule has 0 N–H and O–H groups in total. The van der Waals surface area contributed by atoms with Crippen molar-refractivity contribution in [3.8, 4) is 0 Å². The van der Waals surface area contributed by atoms with Crippen molar-refractivity contribution in [3.05, 3.63) is 69.9 Å². The molecule has 0 saturated carbocycles. The maximum Gasteiger partial charge on any atom is 0.338 e. The van der Waals surface area contributed by atoms with Gasteiger partial charge >= 0.3 is 5.97 Å². The number of thiophene rings is 1. The number of rotatable bonds is 3. The van der Waals surface area contributed by atoms with E-state index in [0.717, 1.165) is 6.42 Å². The molecule has 1 heterocycles. The first-order valence-electron chi connectivity index (χ1n) is 6.40. The quantitative estimate of drug-likeness (QED) is 0.670. The molecule has 0 aliphatic heterocycles. The normalized spacial score (nSPS) is 10.7. The molecule has 0 spiro atoms. The van der Waals surface area contributed by atoms with Crippen LogP contribution in [0.5, 0.6) is 0 Å². The first kappa shape index (κ1) is 12.9. The highest BCUT2D eigenvalue weighted by atomic mass is 32.1. The van der Waals surface area contributed by atoms with Gasteiger partial charge in [0.25, 0.3) is 0 Å². The summed E-state index contributed by atoms with van der Waals surface area (Å²) in [6.07, 6.45) is 0.836. The molecule has 2 nitrogen and oxygen atoms in total. The van der Waals surface area contributed by atoms with E-state index < -0.39 is 0 Å². The Morgan fingerprint density at radius 2 is 1.95 bits per heavy atom. The lowest BCUT2D eigenvalue weighted by Gasteiger charge is -2.04. The van der Waals surface area contributed by atoms with Gasteiger partial charge in [-0.3, -0.25) is 0 Å². The van der Waals surface area contributed by atoms with Gasteiger partial charge in [-0.25, -0.2) is 4.79 Å². The van der Waals surface area contributed by atoms with Gasteiger partial charge in [-0.05, 0) is 22.4 Å². The van der Waals surface area contributed by atoms with Crippen molar-refractivity contribution in [1.82, 2.24) is 0 Å². The van der Waals surface area contributed by atoms with Gasteiger partial charge in [0.1, 0.15) is 0 Å². The predicted molar refractivity (Wildman–Crippen MR) is 82.4 cm³/mol. The van der Waals surface area contributed by atoms with Gasteiger partial charge in [-0.2, -0.15) is 0 Å². The van der Waals surface area contributed by atoms with Crippen molar-refractivity contribution in [3.63, 3.8) is 0 Å². The minimum Gasteiger partial charge on any atom is -0.465 e. The van der Waals surface area contributed by atoms with Crippen LogP contribution >= 0.6 is 11.3 Å². The van der Waals surface area contributed by atoms with E-state index in [1.165, 1.54) is 28.3 Å². The van der Waals surface area contributed by atoms with Gasteiger partial charge in [-0.15, -0.1) is 11.3 Å². The van der Waals surface area contributed by atoms with Gasteiger partial charge in [0.15, 0.2) is 0 Å². The Balaban J connectivity index is 1.93. The van der Waals surface area contributed by atoms with Crippen LogP contribution in [0.2, 0.25) is 0 Å². The molecular formula is C17H14O2S. The Hall–Kier alpha value is -2.13. The SMILES string of the molecule is COC(=O)c1csc(Cc2cccc3ccccc23)c1. The third-order valence-corrected chi connectivity index (χ3v) is 4.26. The lowest BCUT2D eigenvalue weighted by atomic mass is 10.0. The zero-order valence-electron chi connectivity index (χ0n) is 11.1. The van der Waals surface area contributed by atoms with E-state index in [1.54, 1.807) is 11.3 Å². The molecule has 0 fully saturated rings. The van der Waals surface area contributed by atoms with Gasteiger partial charge in [0.2, 0.25) is 0 Å². The zero-order chi connectivity index (χ0) is 13.9. The van der Waals surface area contributed by atoms with Crippen LogP contribution in [0.4, 0.5) is 0 Å². The molecule has 0 bridgehead atoms. The second-order valence-corrected chi connectivity index (χ2v) is 5.60. The molecular weight excluding hydrogens is 268 g/mol. The number of esters is 1. The maximum absolute atomic E-state index is 11.5. The number of ether oxygens (including phenoxy) is 1. The molecule has 3 rings (SSSR count). The van der Waals surface area contributed by atoms with Crippen molar-refractivity contribution in [1.29, 1.82) is 0 Å². The smallest absolute Gasteiger partial charge is 0.338 e. The molecule has 0 saturated heterocycles. The summed E-state index contributed by atoms with van der Waals surface area (Å²) in [5, 5.41) is 4.37. The molecule has 3 heteroatoms. The third-order valence-electron chi connectivity index (χ3n) is 3.32. The van der Waals surface area contributed by atoms with E-state index >= 15 is 0 Å². The summed E-state index contributed by atoms with van der Waals surface area (Å²) >= 11 is 1.60. The monoisotopic (exact) mass is 282 g/mol. The van der Waals surface area contributed by atoms with Crippen LogP contribution in [0, 0.1) is 0 Å². The molecule has 100 valence electrons. The van der Waals surface area contributed by atoms with Gasteiger partial charge < -0.3 is 4.74 Å². The highest BCUT2D eigenvalue weighted by Gasteiger charge is 2.09. The van der Waals surface area contributed by atoms with E-state index in [4.69, 9.17) is 4.74 Å². The lowest BCUT2D eigenvalue weighted by Crippen LogP contribution is -1.98. The summed E-state index contributed by atoms with van der Waals surface area (Å²) < 4.78 is 4.74. The Kier molecular flexibility index (Phi) is 3.52. The van der Waals surface area contributed by atoms with E-state index in [0.29, 0.717) is 5.56 Å². The summed E-state index contributed by atoms with van der Waals surface area (Å²) in [5.74, 6) is -0.273. The van der Waals surface area contributed by atoms with Crippen LogP contribution < -0.4 is 0 Å². The van der Waals surface area contributed by atoms with Crippen molar-refractivity contribution in [2.45, 2.75) is 6.42 Å². The summed E-state index contributed by atoms with van der Waals surface area (Å²) in [6.45, 7) is 0. The van der Waals surface area contributed by atoms with Crippen LogP contribution in [-0.2, 0) is 11.2 Å². The number of benzene rings is 2. The molecule has 20 heavy (non-hydrogen) atoms. The summed E-state index contributed by atoms with van der Waals surface area (Å²) in [5.41, 5.74) is 1.91. The number of methoxy groups -OCH3 is 1. The Morgan fingerprint density at radius 1 is 1.15 bits per heavy atom. The molecule has 2 aromatic carbocycles. The fourth-order valence-corrected chi connectivity index (χ4v) is 3.21. The minimum atomic E-state index is -0.273. The zero-order valence-corrected chi connectivity index (χ0v) is 11.9. The van der Waals surface area contributed by atoms with Crippen molar-refractivity contribution in [2.24, 2.45) is 0 Å². The highest BCUT2D eigenvalue weighted by molar-refractivity contribution is 7.10. The molecule has 0 aliphatic rings. The van der Waals surface area contributed by atoms with Crippen LogP contribution in [0.15, 0.2) is 53.9 Å². The van der Waals surface area contributed by atoms with Crippen molar-refractivity contribution < 1.29 is 9.53 Å². The van der Waals surface area contributed by atoms with Crippen LogP contribution in [0.1, 0.15) is 20.8 Å². The first-order valence-corrected chi connectivity index (χ1v) is 7.28. The number of carbonyl (C=O) groups is 1. The highest BCUT2D eigenvalue weighted by Crippen LogP contribution is 2.24. The fourth-order valence-electron chi connectivity index (χ4n) is 2.33. The summed E-state index contributed by atoms with van der Waals surface area (Å²) in [7, 11) is 1.41. The molecule has 0 aliphatic carbocycles. The number of fused-ring (bicyclic) bond motifs is 1. The maximum atomic E-state index is 11.5. The first-order chi connectivity index (χ1) is 9.78. The number of carbonyl (C=O) groups excluding carboxylic acids is 1. The fraction of sp³-hybridized carbons (Fsp3) is 0.118. The average Bonchev–Trinajstić information content (AvgIpc) is 2.95. The summed E-state index contributed by atoms with van der Waals surface area (Å²) in [6, 6.07) is 16.6. The van der Waals surface area contributed by atoms with Gasteiger partial charge in [0.05, 0.1) is 12.7 Å². The Labute approximate surface area is 121 Å². The lowest BCUT2D eigenvalue weighted by molar-refractivity contribution is 0.0601. The Bertz CT molecular complexity index is 753. The predicted octanol–water partition coefficient (Wildman–Crippen LogP) is 4.28. The Morgan fingerprint density at radius 3 is 2.80 bits per heavy atom. The van der Waals surface area contributed by atoms with E-state index in [2.05, 4.69) is 36.4 Å². The van der Waals surface area contributed by atoms with Gasteiger partial charge in [0, 0.05) is 16.7 Å². The number of hydrogen-bond acceptors (Lipinski definition) is 3. The largest absolute Gasteiger partial charge is 0.465 e. The van der Waals surface area contributed by atoms with Crippen LogP contribution in [-0.4, -0.2) is 13.1 Å². The topological polar surface area (TPSA) is 26.3 Å². The minimum absolute atomic E-state index is 0.273. The van der Waals surface area contributed by atoms with Gasteiger partial charge in [-0.1, -0.05) is 42.5 Å². The standard InChI is InChI=1S/C17H14O2S/c1-19-17(18)14-10-15(20-11-14)9-13-7-4-6-12-5-2-3-8-16(12)13/h2-8,10-11H,9H2,1H3. The van der Waals surface area contributed by atoms with E-state index in [9.17, 15) is 4.79 Å². The van der Waals surface area contributed by atoms with Crippen molar-refractivity contribution >= 4 is 28.1 Å². The van der Waals surface area contributed by atoms with Crippen LogP contribution in [0.25, 0.3) is 10.8 Å². The molecule has 0 unspecified atom stereocenters. The van der Waals surface area contributed by atoms with E-state index in [-0.39, 0.29) is 5.97 Å². The molecule has 0 atom stereocenters. The molecule has 0 radical (unpaired) electrons.